The maximum Gasteiger partial charge on any atom is 0.267 e. The van der Waals surface area contributed by atoms with Gasteiger partial charge in [0.25, 0.3) is 5.56 Å². The molecule has 1 aromatic carbocycles. The van der Waals surface area contributed by atoms with Crippen molar-refractivity contribution in [2.75, 3.05) is 11.9 Å². The molecular formula is C23H23N5OS. The minimum absolute atomic E-state index is 0.0125. The summed E-state index contributed by atoms with van der Waals surface area (Å²) in [6, 6.07) is 19.3. The summed E-state index contributed by atoms with van der Waals surface area (Å²) in [6.45, 7) is 4.64. The van der Waals surface area contributed by atoms with Crippen LogP contribution >= 0.6 is 11.3 Å². The molecule has 6 nitrogen and oxygen atoms in total. The van der Waals surface area contributed by atoms with Gasteiger partial charge < -0.3 is 5.32 Å². The number of rotatable bonds is 7. The predicted molar refractivity (Wildman–Crippen MR) is 122 cm³/mol. The van der Waals surface area contributed by atoms with Crippen LogP contribution in [0.25, 0.3) is 21.8 Å². The summed E-state index contributed by atoms with van der Waals surface area (Å²) in [4.78, 5) is 22.3. The van der Waals surface area contributed by atoms with E-state index in [1.54, 1.807) is 29.7 Å². The largest absolute Gasteiger partial charge is 0.361 e. The zero-order chi connectivity index (χ0) is 20.9. The van der Waals surface area contributed by atoms with Gasteiger partial charge >= 0.3 is 0 Å². The van der Waals surface area contributed by atoms with Crippen LogP contribution in [0.15, 0.2) is 71.7 Å². The van der Waals surface area contributed by atoms with Gasteiger partial charge in [-0.05, 0) is 32.0 Å². The molecule has 0 saturated carbocycles. The van der Waals surface area contributed by atoms with Gasteiger partial charge in [-0.1, -0.05) is 47.7 Å². The lowest BCUT2D eigenvalue weighted by molar-refractivity contribution is 0.505. The monoisotopic (exact) mass is 417 g/mol. The molecule has 0 aliphatic carbocycles. The van der Waals surface area contributed by atoms with E-state index in [1.807, 2.05) is 62.4 Å². The lowest BCUT2D eigenvalue weighted by atomic mass is 10.1. The van der Waals surface area contributed by atoms with Gasteiger partial charge in [-0.3, -0.25) is 9.78 Å². The minimum atomic E-state index is -0.103. The van der Waals surface area contributed by atoms with Crippen LogP contribution in [0.2, 0.25) is 0 Å². The molecule has 0 fully saturated rings. The summed E-state index contributed by atoms with van der Waals surface area (Å²) in [7, 11) is 0. The van der Waals surface area contributed by atoms with Crippen molar-refractivity contribution in [1.82, 2.24) is 19.7 Å². The van der Waals surface area contributed by atoms with Gasteiger partial charge in [-0.2, -0.15) is 5.10 Å². The number of nitrogens with one attached hydrogen (secondary N) is 1. The summed E-state index contributed by atoms with van der Waals surface area (Å²) in [5, 5.41) is 8.84. The second kappa shape index (κ2) is 9.00. The first-order chi connectivity index (χ1) is 14.6. The molecule has 0 saturated heterocycles. The molecule has 0 aliphatic heterocycles. The van der Waals surface area contributed by atoms with Gasteiger partial charge in [0.1, 0.15) is 5.69 Å². The summed E-state index contributed by atoms with van der Waals surface area (Å²) in [5.74, 6) is 0. The topological polar surface area (TPSA) is 72.7 Å². The van der Waals surface area contributed by atoms with E-state index in [-0.39, 0.29) is 11.6 Å². The van der Waals surface area contributed by atoms with E-state index in [0.29, 0.717) is 0 Å². The van der Waals surface area contributed by atoms with Gasteiger partial charge in [0.05, 0.1) is 16.6 Å². The van der Waals surface area contributed by atoms with E-state index in [9.17, 15) is 4.79 Å². The van der Waals surface area contributed by atoms with Crippen LogP contribution < -0.4 is 10.9 Å². The van der Waals surface area contributed by atoms with Crippen LogP contribution in [0.3, 0.4) is 0 Å². The van der Waals surface area contributed by atoms with Crippen LogP contribution in [0.5, 0.6) is 0 Å². The van der Waals surface area contributed by atoms with Crippen molar-refractivity contribution in [3.8, 4) is 21.8 Å². The summed E-state index contributed by atoms with van der Waals surface area (Å²) in [5.41, 5.74) is 3.56. The number of benzene rings is 1. The Morgan fingerprint density at radius 3 is 2.57 bits per heavy atom. The van der Waals surface area contributed by atoms with E-state index in [4.69, 9.17) is 4.98 Å². The molecule has 0 radical (unpaired) electrons. The molecule has 4 rings (SSSR count). The van der Waals surface area contributed by atoms with Crippen molar-refractivity contribution in [1.29, 1.82) is 0 Å². The normalized spacial score (nSPS) is 11.0. The first-order valence-electron chi connectivity index (χ1n) is 9.92. The molecule has 0 atom stereocenters. The average Bonchev–Trinajstić information content (AvgIpc) is 3.19. The SMILES string of the molecule is CC(C)n1nc(-c2sc(NCCc3ccccn3)nc2-c2ccccc2)ccc1=O. The maximum atomic E-state index is 12.2. The third-order valence-electron chi connectivity index (χ3n) is 4.60. The van der Waals surface area contributed by atoms with Crippen molar-refractivity contribution < 1.29 is 0 Å². The lowest BCUT2D eigenvalue weighted by Crippen LogP contribution is -2.23. The van der Waals surface area contributed by atoms with Crippen molar-refractivity contribution >= 4 is 16.5 Å². The Morgan fingerprint density at radius 1 is 1.03 bits per heavy atom. The highest BCUT2D eigenvalue weighted by atomic mass is 32.1. The number of hydrogen-bond donors (Lipinski definition) is 1. The van der Waals surface area contributed by atoms with Crippen molar-refractivity contribution in [3.05, 3.63) is 82.9 Å². The van der Waals surface area contributed by atoms with Crippen LogP contribution in [-0.4, -0.2) is 26.3 Å². The first-order valence-corrected chi connectivity index (χ1v) is 10.7. The van der Waals surface area contributed by atoms with Gasteiger partial charge in [-0.15, -0.1) is 0 Å². The third-order valence-corrected chi connectivity index (χ3v) is 5.64. The van der Waals surface area contributed by atoms with Gasteiger partial charge in [0, 0.05) is 36.5 Å². The number of hydrogen-bond acceptors (Lipinski definition) is 6. The maximum absolute atomic E-state index is 12.2. The molecule has 152 valence electrons. The number of aromatic nitrogens is 4. The van der Waals surface area contributed by atoms with E-state index >= 15 is 0 Å². The lowest BCUT2D eigenvalue weighted by Gasteiger charge is -2.09. The standard InChI is InChI=1S/C23H23N5OS/c1-16(2)28-20(29)12-11-19(27-28)22-21(17-8-4-3-5-9-17)26-23(30-22)25-15-13-18-10-6-7-14-24-18/h3-12,14,16H,13,15H2,1-2H3,(H,25,26). The van der Waals surface area contributed by atoms with E-state index < -0.39 is 0 Å². The van der Waals surface area contributed by atoms with Crippen LogP contribution in [0.4, 0.5) is 5.13 Å². The smallest absolute Gasteiger partial charge is 0.267 e. The average molecular weight is 418 g/mol. The fourth-order valence-corrected chi connectivity index (χ4v) is 4.10. The zero-order valence-electron chi connectivity index (χ0n) is 16.9. The quantitative estimate of drug-likeness (QED) is 0.473. The van der Waals surface area contributed by atoms with E-state index in [1.165, 1.54) is 4.68 Å². The predicted octanol–water partition coefficient (Wildman–Crippen LogP) is 4.66. The summed E-state index contributed by atoms with van der Waals surface area (Å²) < 4.78 is 1.51. The summed E-state index contributed by atoms with van der Waals surface area (Å²) in [6.07, 6.45) is 2.62. The number of nitrogens with zero attached hydrogens (tertiary/aromatic N) is 4. The summed E-state index contributed by atoms with van der Waals surface area (Å²) >= 11 is 1.55. The third kappa shape index (κ3) is 4.46. The molecule has 1 N–H and O–H groups in total. The fraction of sp³-hybridized carbons (Fsp3) is 0.217. The molecular weight excluding hydrogens is 394 g/mol. The highest BCUT2D eigenvalue weighted by molar-refractivity contribution is 7.19. The molecule has 30 heavy (non-hydrogen) atoms. The molecule has 0 bridgehead atoms. The fourth-order valence-electron chi connectivity index (χ4n) is 3.12. The molecule has 0 aliphatic rings. The van der Waals surface area contributed by atoms with Crippen molar-refractivity contribution in [2.24, 2.45) is 0 Å². The van der Waals surface area contributed by atoms with Crippen molar-refractivity contribution in [2.45, 2.75) is 26.3 Å². The van der Waals surface area contributed by atoms with E-state index in [0.717, 1.165) is 45.6 Å². The molecule has 4 aromatic rings. The Hall–Kier alpha value is -3.32. The number of thiazole rings is 1. The van der Waals surface area contributed by atoms with Crippen LogP contribution in [0, 0.1) is 0 Å². The second-order valence-electron chi connectivity index (χ2n) is 7.16. The molecule has 7 heteroatoms. The molecule has 0 unspecified atom stereocenters. The number of anilines is 1. The zero-order valence-corrected chi connectivity index (χ0v) is 17.8. The molecule has 0 amide bonds. The Morgan fingerprint density at radius 2 is 1.83 bits per heavy atom. The van der Waals surface area contributed by atoms with Crippen molar-refractivity contribution in [3.63, 3.8) is 0 Å². The van der Waals surface area contributed by atoms with Gasteiger partial charge in [0.2, 0.25) is 0 Å². The highest BCUT2D eigenvalue weighted by Gasteiger charge is 2.17. The highest BCUT2D eigenvalue weighted by Crippen LogP contribution is 2.37. The second-order valence-corrected chi connectivity index (χ2v) is 8.15. The Labute approximate surface area is 179 Å². The van der Waals surface area contributed by atoms with Crippen LogP contribution in [0.1, 0.15) is 25.6 Å². The Bertz CT molecular complexity index is 1170. The Balaban J connectivity index is 1.67. The minimum Gasteiger partial charge on any atom is -0.361 e. The number of pyridine rings is 1. The van der Waals surface area contributed by atoms with Gasteiger partial charge in [-0.25, -0.2) is 9.67 Å². The van der Waals surface area contributed by atoms with Crippen LogP contribution in [-0.2, 0) is 6.42 Å². The first kappa shape index (κ1) is 20.0. The molecule has 3 aromatic heterocycles. The van der Waals surface area contributed by atoms with Gasteiger partial charge in [0.15, 0.2) is 5.13 Å². The van der Waals surface area contributed by atoms with E-state index in [2.05, 4.69) is 15.4 Å². The molecule has 3 heterocycles. The Kier molecular flexibility index (Phi) is 5.99. The molecule has 0 spiro atoms.